The third-order valence-electron chi connectivity index (χ3n) is 2.41. The molecule has 0 fully saturated rings. The van der Waals surface area contributed by atoms with Crippen LogP contribution in [0.2, 0.25) is 0 Å². The first-order valence-electron chi connectivity index (χ1n) is 4.79. The number of rotatable bonds is 3. The third kappa shape index (κ3) is 2.44. The summed E-state index contributed by atoms with van der Waals surface area (Å²) >= 11 is 5.61. The van der Waals surface area contributed by atoms with Gasteiger partial charge in [0.2, 0.25) is 0 Å². The molecule has 0 bridgehead atoms. The molecule has 0 aliphatic heterocycles. The molecule has 1 atom stereocenters. The summed E-state index contributed by atoms with van der Waals surface area (Å²) < 4.78 is 13.4. The molecule has 0 saturated carbocycles. The highest BCUT2D eigenvalue weighted by Crippen LogP contribution is 2.22. The number of hydrogen-bond donors (Lipinski definition) is 1. The second kappa shape index (κ2) is 5.16. The molecule has 1 rings (SSSR count). The van der Waals surface area contributed by atoms with Crippen LogP contribution < -0.4 is 0 Å². The number of hydrogen-bond acceptors (Lipinski definition) is 2. The lowest BCUT2D eigenvalue weighted by atomic mass is 10.1. The Morgan fingerprint density at radius 1 is 1.62 bits per heavy atom. The Morgan fingerprint density at radius 3 is 2.75 bits per heavy atom. The van der Waals surface area contributed by atoms with Gasteiger partial charge in [0.1, 0.15) is 17.1 Å². The molecular formula is C11H13ClFNO2. The van der Waals surface area contributed by atoms with E-state index in [9.17, 15) is 14.3 Å². The topological polar surface area (TPSA) is 40.5 Å². The first-order chi connectivity index (χ1) is 7.49. The molecule has 1 unspecified atom stereocenters. The first kappa shape index (κ1) is 12.8. The molecule has 16 heavy (non-hydrogen) atoms. The summed E-state index contributed by atoms with van der Waals surface area (Å²) in [7, 11) is 1.52. The maximum absolute atomic E-state index is 13.4. The van der Waals surface area contributed by atoms with E-state index in [1.54, 1.807) is 6.92 Å². The van der Waals surface area contributed by atoms with Gasteiger partial charge < -0.3 is 10.0 Å². The highest BCUT2D eigenvalue weighted by molar-refractivity contribution is 6.18. The van der Waals surface area contributed by atoms with Crippen molar-refractivity contribution in [1.29, 1.82) is 0 Å². The summed E-state index contributed by atoms with van der Waals surface area (Å²) in [6.45, 7) is 1.74. The highest BCUT2D eigenvalue weighted by atomic mass is 35.5. The van der Waals surface area contributed by atoms with Gasteiger partial charge in [0.25, 0.3) is 5.91 Å². The van der Waals surface area contributed by atoms with Crippen LogP contribution in [0.1, 0.15) is 17.3 Å². The van der Waals surface area contributed by atoms with Crippen LogP contribution in [0.4, 0.5) is 4.39 Å². The Hall–Kier alpha value is -1.29. The molecule has 1 N–H and O–H groups in total. The minimum atomic E-state index is -0.737. The monoisotopic (exact) mass is 245 g/mol. The van der Waals surface area contributed by atoms with Gasteiger partial charge in [0.05, 0.1) is 0 Å². The number of benzene rings is 1. The minimum absolute atomic E-state index is 0.229. The molecular weight excluding hydrogens is 233 g/mol. The first-order valence-corrected chi connectivity index (χ1v) is 5.33. The van der Waals surface area contributed by atoms with Gasteiger partial charge in [-0.15, -0.1) is 11.6 Å². The van der Waals surface area contributed by atoms with Crippen molar-refractivity contribution in [2.24, 2.45) is 0 Å². The summed E-state index contributed by atoms with van der Waals surface area (Å²) in [5.41, 5.74) is -0.318. The van der Waals surface area contributed by atoms with Crippen molar-refractivity contribution in [3.8, 4) is 5.75 Å². The summed E-state index contributed by atoms with van der Waals surface area (Å²) in [5, 5.41) is 9.44. The summed E-state index contributed by atoms with van der Waals surface area (Å²) in [4.78, 5) is 13.2. The molecule has 0 radical (unpaired) electrons. The molecule has 0 aromatic heterocycles. The SMILES string of the molecule is CC(CCl)N(C)C(=O)c1c(O)cccc1F. The van der Waals surface area contributed by atoms with Crippen molar-refractivity contribution in [3.05, 3.63) is 29.6 Å². The molecule has 0 spiro atoms. The van der Waals surface area contributed by atoms with Gasteiger partial charge in [-0.25, -0.2) is 4.39 Å². The van der Waals surface area contributed by atoms with E-state index in [1.807, 2.05) is 0 Å². The van der Waals surface area contributed by atoms with Gasteiger partial charge in [0.15, 0.2) is 0 Å². The zero-order chi connectivity index (χ0) is 12.3. The van der Waals surface area contributed by atoms with Gasteiger partial charge in [-0.3, -0.25) is 4.79 Å². The third-order valence-corrected chi connectivity index (χ3v) is 2.86. The Labute approximate surface area is 98.4 Å². The van der Waals surface area contributed by atoms with Crippen LogP contribution in [0.3, 0.4) is 0 Å². The number of halogens is 2. The van der Waals surface area contributed by atoms with E-state index in [-0.39, 0.29) is 23.2 Å². The van der Waals surface area contributed by atoms with Crippen molar-refractivity contribution >= 4 is 17.5 Å². The molecule has 1 aromatic rings. The van der Waals surface area contributed by atoms with E-state index in [0.29, 0.717) is 0 Å². The summed E-state index contributed by atoms with van der Waals surface area (Å²) in [5.74, 6) is -1.43. The van der Waals surface area contributed by atoms with Crippen molar-refractivity contribution in [2.75, 3.05) is 12.9 Å². The summed E-state index contributed by atoms with van der Waals surface area (Å²) in [6, 6.07) is 3.52. The van der Waals surface area contributed by atoms with Gasteiger partial charge in [-0.2, -0.15) is 0 Å². The molecule has 1 aromatic carbocycles. The van der Waals surface area contributed by atoms with Gasteiger partial charge in [-0.05, 0) is 19.1 Å². The van der Waals surface area contributed by atoms with Gasteiger partial charge in [0, 0.05) is 19.0 Å². The number of nitrogens with zero attached hydrogens (tertiary/aromatic N) is 1. The molecule has 1 amide bonds. The van der Waals surface area contributed by atoms with Crippen molar-refractivity contribution < 1.29 is 14.3 Å². The van der Waals surface area contributed by atoms with E-state index in [1.165, 1.54) is 24.1 Å². The van der Waals surface area contributed by atoms with E-state index in [0.717, 1.165) is 6.07 Å². The maximum atomic E-state index is 13.4. The number of aromatic hydroxyl groups is 1. The van der Waals surface area contributed by atoms with Gasteiger partial charge in [-0.1, -0.05) is 6.07 Å². The molecule has 0 saturated heterocycles. The van der Waals surface area contributed by atoms with Gasteiger partial charge >= 0.3 is 0 Å². The molecule has 3 nitrogen and oxygen atoms in total. The van der Waals surface area contributed by atoms with Crippen LogP contribution >= 0.6 is 11.6 Å². The summed E-state index contributed by atoms with van der Waals surface area (Å²) in [6.07, 6.45) is 0. The van der Waals surface area contributed by atoms with Crippen LogP contribution in [0.15, 0.2) is 18.2 Å². The van der Waals surface area contributed by atoms with Crippen LogP contribution in [-0.2, 0) is 0 Å². The fourth-order valence-corrected chi connectivity index (χ4v) is 1.41. The quantitative estimate of drug-likeness (QED) is 0.830. The molecule has 0 heterocycles. The second-order valence-electron chi connectivity index (χ2n) is 3.55. The van der Waals surface area contributed by atoms with E-state index in [2.05, 4.69) is 0 Å². The number of carbonyl (C=O) groups is 1. The lowest BCUT2D eigenvalue weighted by Gasteiger charge is -2.23. The zero-order valence-corrected chi connectivity index (χ0v) is 9.83. The lowest BCUT2D eigenvalue weighted by Crippen LogP contribution is -2.36. The predicted molar refractivity (Wildman–Crippen MR) is 60.3 cm³/mol. The predicted octanol–water partition coefficient (Wildman–Crippen LogP) is 2.23. The van der Waals surface area contributed by atoms with Crippen molar-refractivity contribution in [2.45, 2.75) is 13.0 Å². The van der Waals surface area contributed by atoms with E-state index < -0.39 is 11.7 Å². The number of amides is 1. The Balaban J connectivity index is 3.05. The highest BCUT2D eigenvalue weighted by Gasteiger charge is 2.22. The largest absolute Gasteiger partial charge is 0.507 e. The van der Waals surface area contributed by atoms with Crippen LogP contribution in [0.5, 0.6) is 5.75 Å². The Morgan fingerprint density at radius 2 is 2.25 bits per heavy atom. The number of phenols is 1. The van der Waals surface area contributed by atoms with Crippen molar-refractivity contribution in [3.63, 3.8) is 0 Å². The second-order valence-corrected chi connectivity index (χ2v) is 3.86. The minimum Gasteiger partial charge on any atom is -0.507 e. The Bertz CT molecular complexity index is 377. The standard InChI is InChI=1S/C11H13ClFNO2/c1-7(6-12)14(2)11(16)10-8(13)4-3-5-9(10)15/h3-5,7,15H,6H2,1-2H3. The zero-order valence-electron chi connectivity index (χ0n) is 9.08. The fraction of sp³-hybridized carbons (Fsp3) is 0.364. The number of alkyl halides is 1. The molecule has 0 aliphatic rings. The average molecular weight is 246 g/mol. The average Bonchev–Trinajstić information content (AvgIpc) is 2.26. The molecule has 5 heteroatoms. The van der Waals surface area contributed by atoms with Crippen LogP contribution in [0, 0.1) is 5.82 Å². The Kier molecular flexibility index (Phi) is 4.12. The van der Waals surface area contributed by atoms with E-state index in [4.69, 9.17) is 11.6 Å². The normalized spacial score (nSPS) is 12.2. The lowest BCUT2D eigenvalue weighted by molar-refractivity contribution is 0.0748. The van der Waals surface area contributed by atoms with Crippen LogP contribution in [0.25, 0.3) is 0 Å². The maximum Gasteiger partial charge on any atom is 0.260 e. The van der Waals surface area contributed by atoms with Crippen LogP contribution in [-0.4, -0.2) is 34.9 Å². The fourth-order valence-electron chi connectivity index (χ4n) is 1.20. The number of phenolic OH excluding ortho intramolecular Hbond substituents is 1. The van der Waals surface area contributed by atoms with E-state index >= 15 is 0 Å². The molecule has 0 aliphatic carbocycles. The smallest absolute Gasteiger partial charge is 0.260 e. The number of carbonyl (C=O) groups excluding carboxylic acids is 1. The van der Waals surface area contributed by atoms with Crippen molar-refractivity contribution in [1.82, 2.24) is 4.90 Å². The molecule has 88 valence electrons.